The highest BCUT2D eigenvalue weighted by Crippen LogP contribution is 2.23. The van der Waals surface area contributed by atoms with Crippen LogP contribution in [0.25, 0.3) is 0 Å². The number of halogens is 1. The summed E-state index contributed by atoms with van der Waals surface area (Å²) in [7, 11) is 1.45. The number of carboxylic acid groups (broad SMARTS) is 1. The first-order valence-electron chi connectivity index (χ1n) is 7.21. The van der Waals surface area contributed by atoms with Crippen LogP contribution in [-0.4, -0.2) is 29.6 Å². The van der Waals surface area contributed by atoms with Gasteiger partial charge in [0.1, 0.15) is 11.6 Å². The van der Waals surface area contributed by atoms with Crippen molar-refractivity contribution in [1.82, 2.24) is 5.32 Å². The van der Waals surface area contributed by atoms with Gasteiger partial charge in [-0.05, 0) is 31.0 Å². The lowest BCUT2D eigenvalue weighted by atomic mass is 9.88. The standard InChI is InChI=1S/C16H22FNO4/c1-4-16(5-2,10-15(20)21)18-14(19)9-11-8-12(17)6-7-13(11)22-3/h6-8H,4-5,9-10H2,1-3H3,(H,18,19)(H,20,21). The number of carboxylic acids is 1. The number of amides is 1. The molecule has 0 saturated carbocycles. The van der Waals surface area contributed by atoms with Gasteiger partial charge in [0.25, 0.3) is 0 Å². The molecule has 5 nitrogen and oxygen atoms in total. The van der Waals surface area contributed by atoms with Crippen molar-refractivity contribution in [3.05, 3.63) is 29.6 Å². The van der Waals surface area contributed by atoms with E-state index < -0.39 is 17.3 Å². The number of carbonyl (C=O) groups excluding carboxylic acids is 1. The first kappa shape index (κ1) is 17.9. The summed E-state index contributed by atoms with van der Waals surface area (Å²) in [6.07, 6.45) is 0.790. The van der Waals surface area contributed by atoms with E-state index in [2.05, 4.69) is 5.32 Å². The number of hydrogen-bond acceptors (Lipinski definition) is 3. The zero-order valence-electron chi connectivity index (χ0n) is 13.1. The van der Waals surface area contributed by atoms with Gasteiger partial charge in [0, 0.05) is 11.1 Å². The lowest BCUT2D eigenvalue weighted by Crippen LogP contribution is -2.49. The fraction of sp³-hybridized carbons (Fsp3) is 0.500. The minimum Gasteiger partial charge on any atom is -0.496 e. The second-order valence-electron chi connectivity index (χ2n) is 5.24. The molecular formula is C16H22FNO4. The molecule has 0 aliphatic carbocycles. The number of benzene rings is 1. The van der Waals surface area contributed by atoms with E-state index in [4.69, 9.17) is 9.84 Å². The number of aliphatic carboxylic acids is 1. The van der Waals surface area contributed by atoms with Crippen molar-refractivity contribution in [2.45, 2.75) is 45.1 Å². The molecule has 0 heterocycles. The van der Waals surface area contributed by atoms with Crippen LogP contribution in [0.3, 0.4) is 0 Å². The van der Waals surface area contributed by atoms with Crippen LogP contribution >= 0.6 is 0 Å². The summed E-state index contributed by atoms with van der Waals surface area (Å²) in [6, 6.07) is 3.96. The molecule has 1 aromatic carbocycles. The molecule has 22 heavy (non-hydrogen) atoms. The van der Waals surface area contributed by atoms with E-state index in [-0.39, 0.29) is 18.7 Å². The third-order valence-corrected chi connectivity index (χ3v) is 3.84. The Balaban J connectivity index is 2.88. The summed E-state index contributed by atoms with van der Waals surface area (Å²) in [5.74, 6) is -1.35. The van der Waals surface area contributed by atoms with Gasteiger partial charge in [-0.1, -0.05) is 13.8 Å². The lowest BCUT2D eigenvalue weighted by molar-refractivity contribution is -0.139. The normalized spacial score (nSPS) is 11.1. The van der Waals surface area contributed by atoms with Gasteiger partial charge in [0.15, 0.2) is 0 Å². The number of carbonyl (C=O) groups is 2. The first-order chi connectivity index (χ1) is 10.4. The van der Waals surface area contributed by atoms with Crippen LogP contribution in [-0.2, 0) is 16.0 Å². The lowest BCUT2D eigenvalue weighted by Gasteiger charge is -2.31. The number of hydrogen-bond donors (Lipinski definition) is 2. The van der Waals surface area contributed by atoms with E-state index in [1.165, 1.54) is 25.3 Å². The number of ether oxygens (including phenoxy) is 1. The summed E-state index contributed by atoms with van der Waals surface area (Å²) in [5.41, 5.74) is -0.361. The maximum Gasteiger partial charge on any atom is 0.305 e. The summed E-state index contributed by atoms with van der Waals surface area (Å²) in [4.78, 5) is 23.2. The highest BCUT2D eigenvalue weighted by molar-refractivity contribution is 5.81. The van der Waals surface area contributed by atoms with E-state index in [0.29, 0.717) is 24.2 Å². The van der Waals surface area contributed by atoms with Crippen LogP contribution in [0.4, 0.5) is 4.39 Å². The molecule has 6 heteroatoms. The predicted molar refractivity (Wildman–Crippen MR) is 80.4 cm³/mol. The van der Waals surface area contributed by atoms with Gasteiger partial charge in [-0.25, -0.2) is 4.39 Å². The molecule has 0 aromatic heterocycles. The third kappa shape index (κ3) is 4.72. The topological polar surface area (TPSA) is 75.6 Å². The van der Waals surface area contributed by atoms with Crippen LogP contribution in [0.15, 0.2) is 18.2 Å². The first-order valence-corrected chi connectivity index (χ1v) is 7.21. The summed E-state index contributed by atoms with van der Waals surface area (Å²) in [5, 5.41) is 11.8. The maximum atomic E-state index is 13.3. The Hall–Kier alpha value is -2.11. The fourth-order valence-corrected chi connectivity index (χ4v) is 2.41. The highest BCUT2D eigenvalue weighted by Gasteiger charge is 2.31. The Labute approximate surface area is 129 Å². The van der Waals surface area contributed by atoms with E-state index in [0.717, 1.165) is 0 Å². The number of methoxy groups -OCH3 is 1. The predicted octanol–water partition coefficient (Wildman–Crippen LogP) is 2.53. The molecule has 0 aliphatic heterocycles. The van der Waals surface area contributed by atoms with Crippen molar-refractivity contribution in [2.75, 3.05) is 7.11 Å². The van der Waals surface area contributed by atoms with E-state index >= 15 is 0 Å². The highest BCUT2D eigenvalue weighted by atomic mass is 19.1. The van der Waals surface area contributed by atoms with Gasteiger partial charge in [0.05, 0.1) is 20.0 Å². The van der Waals surface area contributed by atoms with Crippen LogP contribution in [0.1, 0.15) is 38.7 Å². The maximum absolute atomic E-state index is 13.3. The van der Waals surface area contributed by atoms with E-state index in [9.17, 15) is 14.0 Å². The Morgan fingerprint density at radius 2 is 1.95 bits per heavy atom. The van der Waals surface area contributed by atoms with Crippen molar-refractivity contribution in [3.8, 4) is 5.75 Å². The van der Waals surface area contributed by atoms with Gasteiger partial charge < -0.3 is 15.2 Å². The van der Waals surface area contributed by atoms with Crippen LogP contribution in [0.2, 0.25) is 0 Å². The van der Waals surface area contributed by atoms with Gasteiger partial charge >= 0.3 is 5.97 Å². The minimum absolute atomic E-state index is 0.0672. The Morgan fingerprint density at radius 1 is 1.32 bits per heavy atom. The molecule has 0 saturated heterocycles. The monoisotopic (exact) mass is 311 g/mol. The number of rotatable bonds is 8. The zero-order chi connectivity index (χ0) is 16.8. The van der Waals surface area contributed by atoms with Gasteiger partial charge in [-0.15, -0.1) is 0 Å². The van der Waals surface area contributed by atoms with Gasteiger partial charge in [-0.3, -0.25) is 9.59 Å². The van der Waals surface area contributed by atoms with E-state index in [1.807, 2.05) is 13.8 Å². The molecule has 0 spiro atoms. The molecule has 1 amide bonds. The molecular weight excluding hydrogens is 289 g/mol. The van der Waals surface area contributed by atoms with E-state index in [1.54, 1.807) is 0 Å². The zero-order valence-corrected chi connectivity index (χ0v) is 13.1. The average Bonchev–Trinajstić information content (AvgIpc) is 2.46. The smallest absolute Gasteiger partial charge is 0.305 e. The van der Waals surface area contributed by atoms with Crippen LogP contribution in [0.5, 0.6) is 5.75 Å². The quantitative estimate of drug-likeness (QED) is 0.773. The minimum atomic E-state index is -0.965. The van der Waals surface area contributed by atoms with Crippen LogP contribution in [0, 0.1) is 5.82 Å². The molecule has 2 N–H and O–H groups in total. The van der Waals surface area contributed by atoms with Crippen molar-refractivity contribution >= 4 is 11.9 Å². The van der Waals surface area contributed by atoms with Crippen molar-refractivity contribution < 1.29 is 23.8 Å². The second kappa shape index (κ2) is 7.77. The Morgan fingerprint density at radius 3 is 2.45 bits per heavy atom. The fourth-order valence-electron chi connectivity index (χ4n) is 2.41. The molecule has 0 bridgehead atoms. The summed E-state index contributed by atoms with van der Waals surface area (Å²) >= 11 is 0. The molecule has 0 aliphatic rings. The van der Waals surface area contributed by atoms with Crippen molar-refractivity contribution in [3.63, 3.8) is 0 Å². The second-order valence-corrected chi connectivity index (χ2v) is 5.24. The van der Waals surface area contributed by atoms with Crippen molar-refractivity contribution in [2.24, 2.45) is 0 Å². The van der Waals surface area contributed by atoms with Crippen LogP contribution < -0.4 is 10.1 Å². The SMILES string of the molecule is CCC(CC)(CC(=O)O)NC(=O)Cc1cc(F)ccc1OC. The molecule has 1 aromatic rings. The molecule has 0 radical (unpaired) electrons. The average molecular weight is 311 g/mol. The largest absolute Gasteiger partial charge is 0.496 e. The molecule has 1 rings (SSSR count). The third-order valence-electron chi connectivity index (χ3n) is 3.84. The molecule has 0 fully saturated rings. The van der Waals surface area contributed by atoms with Gasteiger partial charge in [0.2, 0.25) is 5.91 Å². The summed E-state index contributed by atoms with van der Waals surface area (Å²) in [6.45, 7) is 3.66. The molecule has 122 valence electrons. The summed E-state index contributed by atoms with van der Waals surface area (Å²) < 4.78 is 18.4. The number of nitrogens with one attached hydrogen (secondary N) is 1. The molecule has 0 unspecified atom stereocenters. The Kier molecular flexibility index (Phi) is 6.34. The Bertz CT molecular complexity index is 541. The van der Waals surface area contributed by atoms with Gasteiger partial charge in [-0.2, -0.15) is 0 Å². The van der Waals surface area contributed by atoms with Crippen molar-refractivity contribution in [1.29, 1.82) is 0 Å². The molecule has 0 atom stereocenters.